The number of nitrogens with one attached hydrogen (secondary N) is 2. The number of pyridine rings is 1. The largest absolute Gasteiger partial charge is 0.490 e. The summed E-state index contributed by atoms with van der Waals surface area (Å²) in [7, 11) is -3.43. The Bertz CT molecular complexity index is 1990. The van der Waals surface area contributed by atoms with Crippen molar-refractivity contribution in [2.24, 2.45) is 0 Å². The van der Waals surface area contributed by atoms with Crippen LogP contribution in [0.25, 0.3) is 10.9 Å². The number of benzene rings is 3. The molecule has 1 atom stereocenters. The van der Waals surface area contributed by atoms with Crippen molar-refractivity contribution in [3.05, 3.63) is 125 Å². The molecule has 0 saturated carbocycles. The van der Waals surface area contributed by atoms with E-state index in [0.29, 0.717) is 31.1 Å². The molecule has 3 aromatic carbocycles. The minimum atomic E-state index is -3.43. The predicted molar refractivity (Wildman–Crippen MR) is 183 cm³/mol. The minimum absolute atomic E-state index is 0.0190. The third-order valence-corrected chi connectivity index (χ3v) is 10.2. The highest BCUT2D eigenvalue weighted by Gasteiger charge is 2.35. The van der Waals surface area contributed by atoms with Crippen LogP contribution < -0.4 is 15.4 Å². The number of hydrogen-bond acceptors (Lipinski definition) is 9. The van der Waals surface area contributed by atoms with Gasteiger partial charge in [-0.25, -0.2) is 27.8 Å². The number of ether oxygens (including phenoxy) is 2. The number of sulfone groups is 1. The Hall–Kier alpha value is -4.39. The maximum absolute atomic E-state index is 13.5. The van der Waals surface area contributed by atoms with Gasteiger partial charge in [0.15, 0.2) is 14.9 Å². The number of hydrogen-bond donors (Lipinski definition) is 2. The van der Waals surface area contributed by atoms with E-state index in [1.54, 1.807) is 24.5 Å². The molecule has 0 aliphatic carbocycles. The summed E-state index contributed by atoms with van der Waals surface area (Å²) in [6, 6.07) is 22.9. The van der Waals surface area contributed by atoms with Gasteiger partial charge in [-0.15, -0.1) is 0 Å². The van der Waals surface area contributed by atoms with Gasteiger partial charge in [0.1, 0.15) is 35.9 Å². The number of fused-ring (bicyclic) bond motifs is 1. The molecule has 9 nitrogen and oxygen atoms in total. The van der Waals surface area contributed by atoms with Crippen molar-refractivity contribution < 1.29 is 22.3 Å². The third-order valence-electron chi connectivity index (χ3n) is 7.91. The molecule has 1 unspecified atom stereocenters. The lowest BCUT2D eigenvalue weighted by molar-refractivity contribution is 0.0306. The zero-order valence-corrected chi connectivity index (χ0v) is 27.8. The molecule has 47 heavy (non-hydrogen) atoms. The average Bonchev–Trinajstić information content (AvgIpc) is 3.56. The van der Waals surface area contributed by atoms with E-state index in [9.17, 15) is 12.8 Å². The van der Waals surface area contributed by atoms with Gasteiger partial charge in [0.2, 0.25) is 0 Å². The molecule has 0 fully saturated rings. The van der Waals surface area contributed by atoms with Crippen molar-refractivity contribution in [3.63, 3.8) is 0 Å². The Balaban J connectivity index is 1.10. The second-order valence-electron chi connectivity index (χ2n) is 11.2. The van der Waals surface area contributed by atoms with Gasteiger partial charge >= 0.3 is 0 Å². The monoisotopic (exact) mass is 717 g/mol. The first-order valence-corrected chi connectivity index (χ1v) is 17.6. The quantitative estimate of drug-likeness (QED) is 0.115. The van der Waals surface area contributed by atoms with Gasteiger partial charge < -0.3 is 20.1 Å². The first-order chi connectivity index (χ1) is 22.8. The average molecular weight is 719 g/mol. The Kier molecular flexibility index (Phi) is 10.1. The summed E-state index contributed by atoms with van der Waals surface area (Å²) in [6.45, 7) is 1.22. The molecule has 0 amide bonds. The van der Waals surface area contributed by atoms with E-state index in [2.05, 4.69) is 47.6 Å². The summed E-state index contributed by atoms with van der Waals surface area (Å²) >= 11 is 3.59. The second-order valence-corrected chi connectivity index (χ2v) is 14.1. The molecule has 2 aromatic heterocycles. The van der Waals surface area contributed by atoms with Crippen molar-refractivity contribution in [2.75, 3.05) is 24.2 Å². The molecule has 2 N–H and O–H groups in total. The number of aromatic nitrogens is 3. The minimum Gasteiger partial charge on any atom is -0.490 e. The van der Waals surface area contributed by atoms with E-state index in [-0.39, 0.29) is 23.2 Å². The van der Waals surface area contributed by atoms with E-state index in [0.717, 1.165) is 45.0 Å². The number of halogens is 2. The summed E-state index contributed by atoms with van der Waals surface area (Å²) < 4.78 is 51.4. The molecule has 5 aromatic rings. The van der Waals surface area contributed by atoms with E-state index >= 15 is 0 Å². The van der Waals surface area contributed by atoms with E-state index in [4.69, 9.17) is 9.47 Å². The maximum Gasteiger partial charge on any atom is 0.196 e. The van der Waals surface area contributed by atoms with Crippen molar-refractivity contribution in [1.29, 1.82) is 0 Å². The van der Waals surface area contributed by atoms with Crippen LogP contribution in [0.4, 0.5) is 15.9 Å². The lowest BCUT2D eigenvalue weighted by Gasteiger charge is -2.30. The lowest BCUT2D eigenvalue weighted by Crippen LogP contribution is -2.28. The molecular formula is C35H33BrFN5O4S. The van der Waals surface area contributed by atoms with E-state index in [1.165, 1.54) is 30.7 Å². The van der Waals surface area contributed by atoms with E-state index in [1.807, 2.05) is 42.5 Å². The van der Waals surface area contributed by atoms with Crippen molar-refractivity contribution in [1.82, 2.24) is 20.3 Å². The maximum atomic E-state index is 13.5. The third kappa shape index (κ3) is 7.95. The van der Waals surface area contributed by atoms with Crippen LogP contribution in [0.3, 0.4) is 0 Å². The molecule has 0 radical (unpaired) electrons. The highest BCUT2D eigenvalue weighted by Crippen LogP contribution is 2.40. The number of nitrogens with zero attached hydrogens (tertiary/aromatic N) is 3. The summed E-state index contributed by atoms with van der Waals surface area (Å²) in [6.07, 6.45) is 9.00. The number of anilines is 2. The Morgan fingerprint density at radius 2 is 1.89 bits per heavy atom. The molecule has 12 heteroatoms. The molecule has 1 aliphatic rings. The van der Waals surface area contributed by atoms with Gasteiger partial charge in [-0.2, -0.15) is 0 Å². The van der Waals surface area contributed by atoms with Gasteiger partial charge in [0.05, 0.1) is 22.0 Å². The van der Waals surface area contributed by atoms with Crippen LogP contribution in [0.15, 0.2) is 113 Å². The molecule has 242 valence electrons. The van der Waals surface area contributed by atoms with Crippen LogP contribution in [0.5, 0.6) is 5.75 Å². The fourth-order valence-corrected chi connectivity index (χ4v) is 7.10. The Labute approximate surface area is 281 Å². The zero-order chi connectivity index (χ0) is 32.7. The number of rotatable bonds is 14. The Morgan fingerprint density at radius 1 is 0.979 bits per heavy atom. The fourth-order valence-electron chi connectivity index (χ4n) is 5.48. The predicted octanol–water partition coefficient (Wildman–Crippen LogP) is 7.22. The molecule has 6 rings (SSSR count). The summed E-state index contributed by atoms with van der Waals surface area (Å²) in [4.78, 5) is 13.0. The van der Waals surface area contributed by atoms with Crippen molar-refractivity contribution in [3.8, 4) is 5.75 Å². The molecule has 1 aliphatic heterocycles. The highest BCUT2D eigenvalue weighted by molar-refractivity contribution is 9.10. The summed E-state index contributed by atoms with van der Waals surface area (Å²) in [5.74, 6) is 0.960. The first-order valence-electron chi connectivity index (χ1n) is 15.2. The molecule has 3 heterocycles. The summed E-state index contributed by atoms with van der Waals surface area (Å²) in [5, 5.41) is 7.61. The van der Waals surface area contributed by atoms with Crippen LogP contribution >= 0.6 is 15.9 Å². The Morgan fingerprint density at radius 3 is 2.68 bits per heavy atom. The fraction of sp³-hybridized carbons (Fsp3) is 0.229. The van der Waals surface area contributed by atoms with Gasteiger partial charge in [-0.1, -0.05) is 24.3 Å². The molecule has 0 saturated heterocycles. The normalized spacial score (nSPS) is 15.9. The summed E-state index contributed by atoms with van der Waals surface area (Å²) in [5.41, 5.74) is 2.78. The van der Waals surface area contributed by atoms with Crippen LogP contribution in [-0.2, 0) is 26.8 Å². The standard InChI is InChI=1S/C35H33BrFN5O4S/c36-30-22-28(10-12-32(30)45-23-25-6-3-7-27(37)20-25)42-34-29-21-26(9-11-31(29)40-24-41-34)35(14-5-18-46-35)13-4-15-38-17-19-47(43,44)33-8-1-2-16-39-33/h1-3,5-12,16,18,20-22,24,38H,4,13-15,17,19,23H2,(H,40,41,42). The SMILES string of the molecule is O=S(=O)(CCNCCCC1(c2ccc3ncnc(Nc4ccc(OCc5cccc(F)c5)c(Br)c4)c3c2)CC=CO1)c1ccccn1. The van der Waals surface area contributed by atoms with Crippen molar-refractivity contribution >= 4 is 48.2 Å². The smallest absolute Gasteiger partial charge is 0.196 e. The highest BCUT2D eigenvalue weighted by atomic mass is 79.9. The molecule has 0 bridgehead atoms. The van der Waals surface area contributed by atoms with Gasteiger partial charge in [0.25, 0.3) is 0 Å². The zero-order valence-electron chi connectivity index (χ0n) is 25.4. The van der Waals surface area contributed by atoms with Crippen LogP contribution in [0, 0.1) is 5.82 Å². The van der Waals surface area contributed by atoms with E-state index < -0.39 is 15.4 Å². The molecular weight excluding hydrogens is 685 g/mol. The second kappa shape index (κ2) is 14.6. The van der Waals surface area contributed by atoms with Gasteiger partial charge in [-0.3, -0.25) is 0 Å². The molecule has 0 spiro atoms. The van der Waals surface area contributed by atoms with Gasteiger partial charge in [-0.05, 0) is 107 Å². The van der Waals surface area contributed by atoms with Crippen molar-refractivity contribution in [2.45, 2.75) is 36.5 Å². The first kappa shape index (κ1) is 32.5. The van der Waals surface area contributed by atoms with Crippen LogP contribution in [0.2, 0.25) is 0 Å². The lowest BCUT2D eigenvalue weighted by atomic mass is 9.86. The van der Waals surface area contributed by atoms with Gasteiger partial charge in [0, 0.05) is 30.2 Å². The van der Waals surface area contributed by atoms with Crippen LogP contribution in [-0.4, -0.2) is 42.2 Å². The van der Waals surface area contributed by atoms with Crippen LogP contribution in [0.1, 0.15) is 30.4 Å². The topological polar surface area (TPSA) is 115 Å².